The van der Waals surface area contributed by atoms with Crippen molar-refractivity contribution in [1.29, 1.82) is 0 Å². The molecule has 0 N–H and O–H groups in total. The van der Waals surface area contributed by atoms with Crippen LogP contribution in [0.4, 0.5) is 8.78 Å². The average Bonchev–Trinajstić information content (AvgIpc) is 2.60. The monoisotopic (exact) mass is 256 g/mol. The molecule has 1 aromatic carbocycles. The highest BCUT2D eigenvalue weighted by Gasteiger charge is 2.15. The van der Waals surface area contributed by atoms with Crippen molar-refractivity contribution in [2.24, 2.45) is 0 Å². The number of alkyl halides is 1. The Morgan fingerprint density at radius 3 is 2.24 bits per heavy atom. The molecule has 0 aliphatic carbocycles. The zero-order valence-electron chi connectivity index (χ0n) is 9.47. The maximum Gasteiger partial charge on any atom is 0.150 e. The molecule has 0 saturated heterocycles. The van der Waals surface area contributed by atoms with Crippen LogP contribution in [0.2, 0.25) is 0 Å². The minimum Gasteiger partial charge on any atom is -0.298 e. The van der Waals surface area contributed by atoms with Gasteiger partial charge < -0.3 is 0 Å². The fraction of sp³-hybridized carbons (Fsp3) is 0.250. The van der Waals surface area contributed by atoms with E-state index in [-0.39, 0.29) is 11.6 Å². The molecule has 5 heteroatoms. The summed E-state index contributed by atoms with van der Waals surface area (Å²) in [4.78, 5) is 4.02. The summed E-state index contributed by atoms with van der Waals surface area (Å²) in [7, 11) is 0. The minimum absolute atomic E-state index is 0.0794. The Kier molecular flexibility index (Phi) is 3.15. The third-order valence-electron chi connectivity index (χ3n) is 2.72. The van der Waals surface area contributed by atoms with Crippen LogP contribution in [-0.4, -0.2) is 9.55 Å². The second-order valence-electron chi connectivity index (χ2n) is 3.83. The van der Waals surface area contributed by atoms with Gasteiger partial charge in [-0.3, -0.25) is 4.57 Å². The molecule has 0 fully saturated rings. The topological polar surface area (TPSA) is 17.8 Å². The summed E-state index contributed by atoms with van der Waals surface area (Å²) in [5, 5.41) is 0. The van der Waals surface area contributed by atoms with Crippen molar-refractivity contribution in [1.82, 2.24) is 9.55 Å². The van der Waals surface area contributed by atoms with Gasteiger partial charge in [-0.2, -0.15) is 0 Å². The van der Waals surface area contributed by atoms with Crippen molar-refractivity contribution in [3.8, 4) is 5.69 Å². The first kappa shape index (κ1) is 12.0. The highest BCUT2D eigenvalue weighted by molar-refractivity contribution is 6.17. The third-order valence-corrected chi connectivity index (χ3v) is 3.03. The Labute approximate surface area is 103 Å². The van der Waals surface area contributed by atoms with E-state index in [0.29, 0.717) is 11.3 Å². The van der Waals surface area contributed by atoms with Crippen LogP contribution in [0.1, 0.15) is 17.0 Å². The Balaban J connectivity index is 2.64. The van der Waals surface area contributed by atoms with E-state index in [1.165, 1.54) is 23.0 Å². The second kappa shape index (κ2) is 4.45. The van der Waals surface area contributed by atoms with Crippen molar-refractivity contribution in [3.05, 3.63) is 47.0 Å². The maximum absolute atomic E-state index is 13.8. The number of benzene rings is 1. The van der Waals surface area contributed by atoms with E-state index in [1.807, 2.05) is 0 Å². The van der Waals surface area contributed by atoms with Crippen LogP contribution in [0.15, 0.2) is 18.5 Å². The van der Waals surface area contributed by atoms with Crippen LogP contribution in [0.3, 0.4) is 0 Å². The summed E-state index contributed by atoms with van der Waals surface area (Å²) in [5.74, 6) is -1.20. The molecule has 0 aliphatic rings. The molecule has 17 heavy (non-hydrogen) atoms. The van der Waals surface area contributed by atoms with Crippen molar-refractivity contribution in [2.45, 2.75) is 19.7 Å². The molecular weight excluding hydrogens is 246 g/mol. The van der Waals surface area contributed by atoms with E-state index < -0.39 is 11.6 Å². The lowest BCUT2D eigenvalue weighted by atomic mass is 10.2. The number of hydrogen-bond acceptors (Lipinski definition) is 1. The molecule has 0 bridgehead atoms. The number of rotatable bonds is 2. The summed E-state index contributed by atoms with van der Waals surface area (Å²) in [5.41, 5.74) is 1.75. The zero-order chi connectivity index (χ0) is 12.6. The largest absolute Gasteiger partial charge is 0.298 e. The van der Waals surface area contributed by atoms with Gasteiger partial charge >= 0.3 is 0 Å². The lowest BCUT2D eigenvalue weighted by molar-refractivity contribution is 0.565. The van der Waals surface area contributed by atoms with Crippen LogP contribution < -0.4 is 0 Å². The molecule has 0 spiro atoms. The standard InChI is InChI=1S/C12H11ClF2N2/c1-7-8(2)17(6-16-7)12-10(14)3-9(5-13)4-11(12)15/h3-4,6H,5H2,1-2H3. The summed E-state index contributed by atoms with van der Waals surface area (Å²) in [6.45, 7) is 3.55. The van der Waals surface area contributed by atoms with Gasteiger partial charge in [-0.05, 0) is 31.5 Å². The second-order valence-corrected chi connectivity index (χ2v) is 4.09. The molecule has 90 valence electrons. The smallest absolute Gasteiger partial charge is 0.150 e. The first-order valence-electron chi connectivity index (χ1n) is 5.09. The van der Waals surface area contributed by atoms with E-state index >= 15 is 0 Å². The van der Waals surface area contributed by atoms with Crippen LogP contribution in [0, 0.1) is 25.5 Å². The number of imidazole rings is 1. The molecule has 1 heterocycles. The molecule has 0 atom stereocenters. The van der Waals surface area contributed by atoms with Crippen molar-refractivity contribution >= 4 is 11.6 Å². The van der Waals surface area contributed by atoms with Crippen LogP contribution in [0.25, 0.3) is 5.69 Å². The van der Waals surface area contributed by atoms with E-state index in [1.54, 1.807) is 13.8 Å². The number of aryl methyl sites for hydroxylation is 1. The van der Waals surface area contributed by atoms with Crippen molar-refractivity contribution in [2.75, 3.05) is 0 Å². The predicted octanol–water partition coefficient (Wildman–Crippen LogP) is 3.51. The normalized spacial score (nSPS) is 10.9. The molecule has 0 radical (unpaired) electrons. The fourth-order valence-electron chi connectivity index (χ4n) is 1.65. The van der Waals surface area contributed by atoms with E-state index in [2.05, 4.69) is 4.98 Å². The highest BCUT2D eigenvalue weighted by atomic mass is 35.5. The van der Waals surface area contributed by atoms with Gasteiger partial charge in [0.2, 0.25) is 0 Å². The van der Waals surface area contributed by atoms with E-state index in [0.717, 1.165) is 5.69 Å². The first-order chi connectivity index (χ1) is 8.04. The molecule has 0 saturated carbocycles. The fourth-order valence-corrected chi connectivity index (χ4v) is 1.80. The molecule has 2 aromatic rings. The van der Waals surface area contributed by atoms with Crippen LogP contribution in [0.5, 0.6) is 0 Å². The number of nitrogens with zero attached hydrogens (tertiary/aromatic N) is 2. The Bertz CT molecular complexity index is 541. The molecule has 1 aromatic heterocycles. The molecule has 0 aliphatic heterocycles. The predicted molar refractivity (Wildman–Crippen MR) is 62.5 cm³/mol. The summed E-state index contributed by atoms with van der Waals surface area (Å²) < 4.78 is 29.1. The third kappa shape index (κ3) is 2.05. The number of aromatic nitrogens is 2. The molecule has 2 nitrogen and oxygen atoms in total. The lowest BCUT2D eigenvalue weighted by Gasteiger charge is -2.09. The molecule has 2 rings (SSSR count). The first-order valence-corrected chi connectivity index (χ1v) is 5.63. The van der Waals surface area contributed by atoms with Crippen LogP contribution in [-0.2, 0) is 5.88 Å². The summed E-state index contributed by atoms with van der Waals surface area (Å²) in [6.07, 6.45) is 1.41. The van der Waals surface area contributed by atoms with Crippen molar-refractivity contribution in [3.63, 3.8) is 0 Å². The average molecular weight is 257 g/mol. The highest BCUT2D eigenvalue weighted by Crippen LogP contribution is 2.22. The number of halogens is 3. The van der Waals surface area contributed by atoms with Gasteiger partial charge in [-0.25, -0.2) is 13.8 Å². The van der Waals surface area contributed by atoms with E-state index in [9.17, 15) is 8.78 Å². The van der Waals surface area contributed by atoms with Gasteiger partial charge in [0.1, 0.15) is 5.69 Å². The molecule has 0 unspecified atom stereocenters. The van der Waals surface area contributed by atoms with Gasteiger partial charge in [-0.15, -0.1) is 11.6 Å². The Morgan fingerprint density at radius 2 is 1.82 bits per heavy atom. The molecule has 0 amide bonds. The quantitative estimate of drug-likeness (QED) is 0.752. The van der Waals surface area contributed by atoms with Gasteiger partial charge in [0.15, 0.2) is 11.6 Å². The van der Waals surface area contributed by atoms with Gasteiger partial charge in [0.05, 0.1) is 12.0 Å². The number of hydrogen-bond donors (Lipinski definition) is 0. The Hall–Kier alpha value is -1.42. The van der Waals surface area contributed by atoms with E-state index in [4.69, 9.17) is 11.6 Å². The summed E-state index contributed by atoms with van der Waals surface area (Å²) in [6, 6.07) is 2.47. The summed E-state index contributed by atoms with van der Waals surface area (Å²) >= 11 is 5.55. The minimum atomic E-state index is -0.638. The van der Waals surface area contributed by atoms with Gasteiger partial charge in [0.25, 0.3) is 0 Å². The van der Waals surface area contributed by atoms with Gasteiger partial charge in [-0.1, -0.05) is 0 Å². The SMILES string of the molecule is Cc1ncn(-c2c(F)cc(CCl)cc2F)c1C. The zero-order valence-corrected chi connectivity index (χ0v) is 10.2. The Morgan fingerprint density at radius 1 is 1.24 bits per heavy atom. The van der Waals surface area contributed by atoms with Crippen molar-refractivity contribution < 1.29 is 8.78 Å². The van der Waals surface area contributed by atoms with Gasteiger partial charge in [0, 0.05) is 11.6 Å². The maximum atomic E-state index is 13.8. The molecular formula is C12H11ClF2N2. The lowest BCUT2D eigenvalue weighted by Crippen LogP contribution is -2.03. The van der Waals surface area contributed by atoms with Crippen LogP contribution >= 0.6 is 11.6 Å².